The van der Waals surface area contributed by atoms with E-state index in [9.17, 15) is 0 Å². The predicted octanol–water partition coefficient (Wildman–Crippen LogP) is 8.69. The summed E-state index contributed by atoms with van der Waals surface area (Å²) in [5.74, 6) is 1.19. The molecule has 0 heteroatoms. The Labute approximate surface area is 194 Å². The highest BCUT2D eigenvalue weighted by molar-refractivity contribution is 5.78. The molecule has 0 heterocycles. The molecule has 1 unspecified atom stereocenters. The van der Waals surface area contributed by atoms with Crippen molar-refractivity contribution >= 4 is 5.57 Å². The summed E-state index contributed by atoms with van der Waals surface area (Å²) in [6, 6.07) is 23.4. The van der Waals surface area contributed by atoms with Crippen LogP contribution in [-0.4, -0.2) is 0 Å². The number of hydrogen-bond acceptors (Lipinski definition) is 0. The van der Waals surface area contributed by atoms with Crippen LogP contribution in [0.25, 0.3) is 5.57 Å². The Balaban J connectivity index is 1.38. The maximum Gasteiger partial charge on any atom is 0.00640 e. The quantitative estimate of drug-likeness (QED) is 0.387. The van der Waals surface area contributed by atoms with Gasteiger partial charge in [-0.25, -0.2) is 0 Å². The van der Waals surface area contributed by atoms with Crippen LogP contribution >= 0.6 is 0 Å². The van der Waals surface area contributed by atoms with E-state index in [0.29, 0.717) is 5.92 Å². The van der Waals surface area contributed by atoms with Crippen molar-refractivity contribution in [2.24, 2.45) is 0 Å². The summed E-state index contributed by atoms with van der Waals surface area (Å²) in [4.78, 5) is 0. The maximum atomic E-state index is 2.50. The summed E-state index contributed by atoms with van der Waals surface area (Å²) in [5.41, 5.74) is 13.2. The lowest BCUT2D eigenvalue weighted by molar-refractivity contribution is 0.443. The molecule has 0 nitrogen and oxygen atoms in total. The first-order valence-corrected chi connectivity index (χ1v) is 12.6. The Hall–Kier alpha value is -2.60. The molecule has 1 atom stereocenters. The predicted molar refractivity (Wildman–Crippen MR) is 138 cm³/mol. The number of benzene rings is 3. The first-order chi connectivity index (χ1) is 15.6. The van der Waals surface area contributed by atoms with Crippen LogP contribution in [-0.2, 0) is 12.8 Å². The highest BCUT2D eigenvalue weighted by atomic mass is 14.3. The molecule has 1 saturated carbocycles. The maximum absolute atomic E-state index is 2.50. The monoisotopic (exact) mass is 420 g/mol. The van der Waals surface area contributed by atoms with Gasteiger partial charge in [-0.05, 0) is 90.0 Å². The lowest BCUT2D eigenvalue weighted by Gasteiger charge is -2.23. The Bertz CT molecular complexity index is 1140. The van der Waals surface area contributed by atoms with E-state index in [0.717, 1.165) is 18.8 Å². The summed E-state index contributed by atoms with van der Waals surface area (Å²) in [6.07, 6.45) is 11.5. The first kappa shape index (κ1) is 21.3. The van der Waals surface area contributed by atoms with Crippen LogP contribution in [0.2, 0.25) is 0 Å². The molecule has 0 saturated heterocycles. The van der Waals surface area contributed by atoms with E-state index in [1.54, 1.807) is 5.56 Å². The van der Waals surface area contributed by atoms with Crippen LogP contribution in [0.1, 0.15) is 95.4 Å². The van der Waals surface area contributed by atoms with Crippen molar-refractivity contribution in [3.63, 3.8) is 0 Å². The van der Waals surface area contributed by atoms with Crippen LogP contribution in [0, 0.1) is 13.8 Å². The third kappa shape index (κ3) is 4.33. The smallest absolute Gasteiger partial charge is 0.00640 e. The van der Waals surface area contributed by atoms with Crippen LogP contribution in [0.15, 0.2) is 66.7 Å². The lowest BCUT2D eigenvalue weighted by Crippen LogP contribution is -2.05. The molecule has 0 aliphatic heterocycles. The zero-order chi connectivity index (χ0) is 22.1. The SMILES string of the molecule is Cc1cc(Cc2cccc(C(C)C3=CCc4c(C)cccc43)c2)cc(C2CCCCC2)c1. The van der Waals surface area contributed by atoms with Crippen LogP contribution in [0.3, 0.4) is 0 Å². The fourth-order valence-corrected chi connectivity index (χ4v) is 6.03. The van der Waals surface area contributed by atoms with Gasteiger partial charge in [0, 0.05) is 5.92 Å². The molecular formula is C32H36. The second-order valence-electron chi connectivity index (χ2n) is 10.2. The van der Waals surface area contributed by atoms with Crippen molar-refractivity contribution in [1.82, 2.24) is 0 Å². The molecule has 2 aliphatic carbocycles. The number of rotatable bonds is 5. The highest BCUT2D eigenvalue weighted by Gasteiger charge is 2.21. The molecule has 3 aromatic rings. The Morgan fingerprint density at radius 3 is 2.50 bits per heavy atom. The fraction of sp³-hybridized carbons (Fsp3) is 0.375. The van der Waals surface area contributed by atoms with Gasteiger partial charge in [-0.1, -0.05) is 98.5 Å². The Morgan fingerprint density at radius 1 is 0.844 bits per heavy atom. The molecule has 0 amide bonds. The second kappa shape index (κ2) is 9.10. The van der Waals surface area contributed by atoms with Gasteiger partial charge in [0.25, 0.3) is 0 Å². The molecule has 0 radical (unpaired) electrons. The summed E-state index contributed by atoms with van der Waals surface area (Å²) in [5, 5.41) is 0. The van der Waals surface area contributed by atoms with E-state index in [4.69, 9.17) is 0 Å². The van der Waals surface area contributed by atoms with Crippen molar-refractivity contribution in [3.8, 4) is 0 Å². The average molecular weight is 421 g/mol. The molecule has 0 bridgehead atoms. The van der Waals surface area contributed by atoms with E-state index in [-0.39, 0.29) is 0 Å². The summed E-state index contributed by atoms with van der Waals surface area (Å²) >= 11 is 0. The van der Waals surface area contributed by atoms with Gasteiger partial charge in [-0.15, -0.1) is 0 Å². The minimum absolute atomic E-state index is 0.424. The molecule has 1 fully saturated rings. The zero-order valence-electron chi connectivity index (χ0n) is 20.0. The summed E-state index contributed by atoms with van der Waals surface area (Å²) < 4.78 is 0. The molecule has 0 aromatic heterocycles. The number of allylic oxidation sites excluding steroid dienone is 2. The normalized spacial score (nSPS) is 17.2. The van der Waals surface area contributed by atoms with Gasteiger partial charge in [0.05, 0.1) is 0 Å². The van der Waals surface area contributed by atoms with Crippen molar-refractivity contribution < 1.29 is 0 Å². The molecule has 0 spiro atoms. The van der Waals surface area contributed by atoms with Gasteiger partial charge in [0.15, 0.2) is 0 Å². The van der Waals surface area contributed by atoms with E-state index in [1.807, 2.05) is 0 Å². The molecule has 0 N–H and O–H groups in total. The molecule has 2 aliphatic rings. The van der Waals surface area contributed by atoms with Gasteiger partial charge >= 0.3 is 0 Å². The molecule has 3 aromatic carbocycles. The largest absolute Gasteiger partial charge is 0.0757 e. The molecule has 5 rings (SSSR count). The fourth-order valence-electron chi connectivity index (χ4n) is 6.03. The third-order valence-electron chi connectivity index (χ3n) is 7.81. The summed E-state index contributed by atoms with van der Waals surface area (Å²) in [7, 11) is 0. The molecule has 164 valence electrons. The zero-order valence-corrected chi connectivity index (χ0v) is 20.0. The number of hydrogen-bond donors (Lipinski definition) is 0. The minimum atomic E-state index is 0.424. The minimum Gasteiger partial charge on any atom is -0.0757 e. The molecule has 32 heavy (non-hydrogen) atoms. The Kier molecular flexibility index (Phi) is 6.05. The third-order valence-corrected chi connectivity index (χ3v) is 7.81. The van der Waals surface area contributed by atoms with Crippen LogP contribution in [0.5, 0.6) is 0 Å². The average Bonchev–Trinajstić information content (AvgIpc) is 3.24. The first-order valence-electron chi connectivity index (χ1n) is 12.6. The van der Waals surface area contributed by atoms with Gasteiger partial charge in [0.2, 0.25) is 0 Å². The second-order valence-corrected chi connectivity index (χ2v) is 10.2. The lowest BCUT2D eigenvalue weighted by atomic mass is 9.82. The van der Waals surface area contributed by atoms with Gasteiger partial charge in [-0.2, -0.15) is 0 Å². The summed E-state index contributed by atoms with van der Waals surface area (Å²) in [6.45, 7) is 6.88. The highest BCUT2D eigenvalue weighted by Crippen LogP contribution is 2.39. The van der Waals surface area contributed by atoms with Gasteiger partial charge < -0.3 is 0 Å². The van der Waals surface area contributed by atoms with E-state index >= 15 is 0 Å². The van der Waals surface area contributed by atoms with E-state index in [1.165, 1.54) is 76.6 Å². The Morgan fingerprint density at radius 2 is 1.66 bits per heavy atom. The van der Waals surface area contributed by atoms with Crippen molar-refractivity contribution in [2.45, 2.75) is 77.6 Å². The molecular weight excluding hydrogens is 384 g/mol. The van der Waals surface area contributed by atoms with Crippen molar-refractivity contribution in [2.75, 3.05) is 0 Å². The van der Waals surface area contributed by atoms with Gasteiger partial charge in [-0.3, -0.25) is 0 Å². The van der Waals surface area contributed by atoms with Crippen LogP contribution in [0.4, 0.5) is 0 Å². The van der Waals surface area contributed by atoms with E-state index in [2.05, 4.69) is 87.5 Å². The van der Waals surface area contributed by atoms with E-state index < -0.39 is 0 Å². The number of aryl methyl sites for hydroxylation is 2. The standard InChI is InChI=1S/C32H36/c1-22-17-26(21-29(18-22)27-11-5-4-6-12-27)19-25-10-8-13-28(20-25)24(3)31-16-15-30-23(2)9-7-14-32(30)31/h7-10,13-14,16-18,20-21,24,27H,4-6,11-12,15,19H2,1-3H3. The van der Waals surface area contributed by atoms with Crippen molar-refractivity contribution in [3.05, 3.63) is 111 Å². The number of fused-ring (bicyclic) bond motifs is 1. The van der Waals surface area contributed by atoms with Crippen LogP contribution < -0.4 is 0 Å². The van der Waals surface area contributed by atoms with Gasteiger partial charge in [0.1, 0.15) is 0 Å². The topological polar surface area (TPSA) is 0 Å². The van der Waals surface area contributed by atoms with Crippen molar-refractivity contribution in [1.29, 1.82) is 0 Å².